The molecule has 7 rings (SSSR count). The molecule has 1 spiro atoms. The second-order valence-electron chi connectivity index (χ2n) is 9.53. The summed E-state index contributed by atoms with van der Waals surface area (Å²) < 4.78 is 20.8. The zero-order chi connectivity index (χ0) is 21.4. The van der Waals surface area contributed by atoms with Crippen molar-refractivity contribution >= 4 is 16.7 Å². The summed E-state index contributed by atoms with van der Waals surface area (Å²) >= 11 is 0. The zero-order valence-electron chi connectivity index (χ0n) is 18.1. The first-order valence-electron chi connectivity index (χ1n) is 11.6. The van der Waals surface area contributed by atoms with Crippen LogP contribution in [-0.4, -0.2) is 36.2 Å². The number of carbonyl (C=O) groups excluding carboxylic acids is 1. The Morgan fingerprint density at radius 3 is 2.75 bits per heavy atom. The monoisotopic (exact) mass is 430 g/mol. The first kappa shape index (κ1) is 18.6. The van der Waals surface area contributed by atoms with Crippen molar-refractivity contribution in [3.8, 4) is 17.2 Å². The van der Waals surface area contributed by atoms with Gasteiger partial charge in [0.2, 0.25) is 0 Å². The van der Waals surface area contributed by atoms with Crippen molar-refractivity contribution < 1.29 is 19.0 Å². The zero-order valence-corrected chi connectivity index (χ0v) is 18.1. The molecule has 3 aromatic rings. The lowest BCUT2D eigenvalue weighted by molar-refractivity contribution is -0.0860. The quantitative estimate of drug-likeness (QED) is 0.621. The van der Waals surface area contributed by atoms with Crippen LogP contribution in [0.25, 0.3) is 10.9 Å². The van der Waals surface area contributed by atoms with Crippen LogP contribution in [0.15, 0.2) is 42.6 Å². The van der Waals surface area contributed by atoms with E-state index in [9.17, 15) is 4.79 Å². The highest BCUT2D eigenvalue weighted by atomic mass is 16.5. The highest BCUT2D eigenvalue weighted by Gasteiger charge is 2.58. The van der Waals surface area contributed by atoms with Crippen LogP contribution in [0.4, 0.5) is 0 Å². The van der Waals surface area contributed by atoms with Gasteiger partial charge in [-0.3, -0.25) is 4.79 Å². The topological polar surface area (TPSA) is 61.7 Å². The molecule has 1 aliphatic carbocycles. The number of piperidine rings is 1. The minimum absolute atomic E-state index is 0.0841. The summed E-state index contributed by atoms with van der Waals surface area (Å²) in [6, 6.07) is 12.5. The Morgan fingerprint density at radius 2 is 1.97 bits per heavy atom. The number of methoxy groups -OCH3 is 1. The predicted octanol–water partition coefficient (Wildman–Crippen LogP) is 4.43. The van der Waals surface area contributed by atoms with Gasteiger partial charge >= 0.3 is 0 Å². The van der Waals surface area contributed by atoms with Crippen molar-refractivity contribution in [1.29, 1.82) is 0 Å². The summed E-state index contributed by atoms with van der Waals surface area (Å²) in [5.41, 5.74) is 2.24. The molecule has 6 nitrogen and oxygen atoms in total. The number of rotatable bonds is 4. The Bertz CT molecular complexity index is 1250. The van der Waals surface area contributed by atoms with Crippen LogP contribution >= 0.6 is 0 Å². The Labute approximate surface area is 186 Å². The number of ether oxygens (including phenoxy) is 3. The SMILES string of the molecule is COc1cc(C(=O)[C@@H]2C3Oc4cccc(c43)OC23CCNCC3)cc2c1ccn2C1CC1. The fourth-order valence-corrected chi connectivity index (χ4v) is 5.96. The Balaban J connectivity index is 1.36. The predicted molar refractivity (Wildman–Crippen MR) is 120 cm³/mol. The highest BCUT2D eigenvalue weighted by Crippen LogP contribution is 2.58. The van der Waals surface area contributed by atoms with Gasteiger partial charge in [-0.15, -0.1) is 0 Å². The van der Waals surface area contributed by atoms with E-state index in [0.29, 0.717) is 11.6 Å². The Morgan fingerprint density at radius 1 is 1.16 bits per heavy atom. The van der Waals surface area contributed by atoms with Crippen LogP contribution in [0.1, 0.15) is 53.8 Å². The van der Waals surface area contributed by atoms with Crippen molar-refractivity contribution in [3.05, 3.63) is 53.7 Å². The molecule has 2 aromatic carbocycles. The van der Waals surface area contributed by atoms with Gasteiger partial charge in [0, 0.05) is 36.0 Å². The summed E-state index contributed by atoms with van der Waals surface area (Å²) in [6.07, 6.45) is 5.81. The van der Waals surface area contributed by atoms with Crippen molar-refractivity contribution in [2.75, 3.05) is 20.2 Å². The van der Waals surface area contributed by atoms with Gasteiger partial charge in [0.25, 0.3) is 0 Å². The lowest BCUT2D eigenvalue weighted by Gasteiger charge is -2.52. The van der Waals surface area contributed by atoms with Crippen LogP contribution in [-0.2, 0) is 0 Å². The number of nitrogens with one attached hydrogen (secondary N) is 1. The Kier molecular flexibility index (Phi) is 3.78. The third-order valence-electron chi connectivity index (χ3n) is 7.72. The first-order valence-corrected chi connectivity index (χ1v) is 11.6. The summed E-state index contributed by atoms with van der Waals surface area (Å²) in [5.74, 6) is 2.17. The van der Waals surface area contributed by atoms with E-state index in [-0.39, 0.29) is 17.8 Å². The van der Waals surface area contributed by atoms with E-state index in [1.54, 1.807) is 7.11 Å². The van der Waals surface area contributed by atoms with E-state index >= 15 is 0 Å². The molecule has 0 radical (unpaired) electrons. The summed E-state index contributed by atoms with van der Waals surface area (Å²) in [6.45, 7) is 1.66. The second kappa shape index (κ2) is 6.51. The number of carbonyl (C=O) groups is 1. The van der Waals surface area contributed by atoms with Crippen molar-refractivity contribution in [2.24, 2.45) is 5.92 Å². The largest absolute Gasteiger partial charge is 0.496 e. The smallest absolute Gasteiger partial charge is 0.174 e. The number of hydrogen-bond donors (Lipinski definition) is 1. The molecule has 1 N–H and O–H groups in total. The molecule has 1 aromatic heterocycles. The number of aromatic nitrogens is 1. The number of Topliss-reactive ketones (excluding diaryl/α,β-unsaturated/α-hetero) is 1. The van der Waals surface area contributed by atoms with Crippen LogP contribution in [0.2, 0.25) is 0 Å². The molecular weight excluding hydrogens is 404 g/mol. The van der Waals surface area contributed by atoms with E-state index in [2.05, 4.69) is 22.1 Å². The van der Waals surface area contributed by atoms with Crippen molar-refractivity contribution in [2.45, 2.75) is 43.4 Å². The minimum Gasteiger partial charge on any atom is -0.496 e. The molecule has 0 bridgehead atoms. The molecule has 32 heavy (non-hydrogen) atoms. The molecule has 3 aliphatic heterocycles. The van der Waals surface area contributed by atoms with Gasteiger partial charge in [-0.25, -0.2) is 0 Å². The average Bonchev–Trinajstić information content (AvgIpc) is 3.55. The maximum absolute atomic E-state index is 14.2. The fourth-order valence-electron chi connectivity index (χ4n) is 5.96. The molecule has 2 atom stereocenters. The molecule has 4 heterocycles. The number of ketones is 1. The van der Waals surface area contributed by atoms with Gasteiger partial charge in [-0.1, -0.05) is 6.07 Å². The van der Waals surface area contributed by atoms with Gasteiger partial charge in [0.15, 0.2) is 5.78 Å². The molecular formula is C26H26N2O4. The van der Waals surface area contributed by atoms with Gasteiger partial charge in [-0.2, -0.15) is 0 Å². The summed E-state index contributed by atoms with van der Waals surface area (Å²) in [4.78, 5) is 14.2. The maximum atomic E-state index is 14.2. The van der Waals surface area contributed by atoms with E-state index < -0.39 is 5.60 Å². The van der Waals surface area contributed by atoms with E-state index in [0.717, 1.165) is 59.6 Å². The lowest BCUT2D eigenvalue weighted by atomic mass is 9.68. The van der Waals surface area contributed by atoms with E-state index in [4.69, 9.17) is 14.2 Å². The van der Waals surface area contributed by atoms with Crippen molar-refractivity contribution in [3.63, 3.8) is 0 Å². The molecule has 2 fully saturated rings. The molecule has 1 saturated heterocycles. The summed E-state index contributed by atoms with van der Waals surface area (Å²) in [7, 11) is 1.67. The number of benzene rings is 2. The number of hydrogen-bond acceptors (Lipinski definition) is 5. The van der Waals surface area contributed by atoms with Gasteiger partial charge < -0.3 is 24.1 Å². The fraction of sp³-hybridized carbons (Fsp3) is 0.423. The van der Waals surface area contributed by atoms with Gasteiger partial charge in [0.1, 0.15) is 34.9 Å². The van der Waals surface area contributed by atoms with Crippen LogP contribution in [0, 0.1) is 5.92 Å². The van der Waals surface area contributed by atoms with Crippen molar-refractivity contribution in [1.82, 2.24) is 9.88 Å². The van der Waals surface area contributed by atoms with Gasteiger partial charge in [-0.05, 0) is 56.3 Å². The van der Waals surface area contributed by atoms with Crippen LogP contribution < -0.4 is 19.5 Å². The van der Waals surface area contributed by atoms with Crippen LogP contribution in [0.5, 0.6) is 17.2 Å². The summed E-state index contributed by atoms with van der Waals surface area (Å²) in [5, 5.41) is 4.48. The number of fused-ring (bicyclic) bond motifs is 1. The normalized spacial score (nSPS) is 24.9. The first-order chi connectivity index (χ1) is 15.7. The van der Waals surface area contributed by atoms with Gasteiger partial charge in [0.05, 0.1) is 18.2 Å². The maximum Gasteiger partial charge on any atom is 0.174 e. The third-order valence-corrected chi connectivity index (χ3v) is 7.72. The molecule has 1 saturated carbocycles. The molecule has 0 amide bonds. The lowest BCUT2D eigenvalue weighted by Crippen LogP contribution is -2.59. The average molecular weight is 431 g/mol. The molecule has 4 aliphatic rings. The number of nitrogens with zero attached hydrogens (tertiary/aromatic N) is 1. The van der Waals surface area contributed by atoms with E-state index in [1.165, 1.54) is 12.8 Å². The molecule has 164 valence electrons. The molecule has 1 unspecified atom stereocenters. The molecule has 6 heteroatoms. The Hall–Kier alpha value is -2.99. The van der Waals surface area contributed by atoms with Crippen LogP contribution in [0.3, 0.4) is 0 Å². The minimum atomic E-state index is -0.556. The highest BCUT2D eigenvalue weighted by molar-refractivity contribution is 6.04. The second-order valence-corrected chi connectivity index (χ2v) is 9.53. The van der Waals surface area contributed by atoms with E-state index in [1.807, 2.05) is 30.3 Å². The third kappa shape index (κ3) is 2.47. The standard InChI is InChI=1S/C26H26N2O4/c1-30-21-14-15(13-18-17(21)7-12-28(18)16-5-6-16)24(29)23-25-22-19(31-25)3-2-4-20(22)32-26(23)8-10-27-11-9-26/h2-4,7,12-14,16,23,25,27H,5-6,8-11H2,1H3/t23-,25?/m1/s1.